The Labute approximate surface area is 121 Å². The van der Waals surface area contributed by atoms with Gasteiger partial charge in [0.15, 0.2) is 0 Å². The minimum Gasteiger partial charge on any atom is -0.481 e. The molecule has 1 amide bonds. The first-order chi connectivity index (χ1) is 9.94. The van der Waals surface area contributed by atoms with Gasteiger partial charge in [-0.3, -0.25) is 14.4 Å². The number of hydrogen-bond donors (Lipinski definition) is 3. The molecule has 3 N–H and O–H groups in total. The van der Waals surface area contributed by atoms with Crippen LogP contribution in [0, 0.1) is 12.3 Å². The fraction of sp³-hybridized carbons (Fsp3) is 0.500. The molecular weight excluding hydrogens is 276 g/mol. The molecule has 1 aromatic rings. The molecule has 1 aliphatic heterocycles. The second kappa shape index (κ2) is 6.09. The van der Waals surface area contributed by atoms with Crippen molar-refractivity contribution in [3.63, 3.8) is 0 Å². The number of nitrogens with one attached hydrogen (secondary N) is 2. The molecule has 0 atom stereocenters. The Bertz CT molecular complexity index is 602. The van der Waals surface area contributed by atoms with E-state index < -0.39 is 22.9 Å². The molecule has 0 aromatic carbocycles. The number of aromatic nitrogens is 1. The number of rotatable bonds is 4. The van der Waals surface area contributed by atoms with Gasteiger partial charge in [-0.1, -0.05) is 0 Å². The quantitative estimate of drug-likeness (QED) is 0.740. The molecule has 1 aromatic heterocycles. The van der Waals surface area contributed by atoms with E-state index in [1.807, 2.05) is 0 Å². The number of amides is 1. The standard InChI is InChI=1S/C14H18N2O5/c1-9-2-3-10(12(18)16-9)11(17)15-8-14(13(19)20)4-6-21-7-5-14/h2-3H,4-8H2,1H3,(H,15,17)(H,16,18)(H,19,20). The molecule has 1 aliphatic rings. The molecule has 0 aliphatic carbocycles. The third kappa shape index (κ3) is 3.30. The van der Waals surface area contributed by atoms with E-state index in [9.17, 15) is 19.5 Å². The Hall–Kier alpha value is -2.15. The molecule has 21 heavy (non-hydrogen) atoms. The number of carboxylic acid groups (broad SMARTS) is 1. The van der Waals surface area contributed by atoms with Crippen molar-refractivity contribution >= 4 is 11.9 Å². The van der Waals surface area contributed by atoms with Crippen LogP contribution in [-0.2, 0) is 9.53 Å². The van der Waals surface area contributed by atoms with Gasteiger partial charge in [0.25, 0.3) is 11.5 Å². The minimum absolute atomic E-state index is 0.0160. The van der Waals surface area contributed by atoms with Crippen LogP contribution < -0.4 is 10.9 Å². The molecule has 114 valence electrons. The number of hydrogen-bond acceptors (Lipinski definition) is 4. The van der Waals surface area contributed by atoms with Crippen LogP contribution in [0.25, 0.3) is 0 Å². The van der Waals surface area contributed by atoms with Gasteiger partial charge in [-0.25, -0.2) is 0 Å². The maximum Gasteiger partial charge on any atom is 0.311 e. The number of ether oxygens (including phenoxy) is 1. The molecular formula is C14H18N2O5. The fourth-order valence-corrected chi connectivity index (χ4v) is 2.32. The SMILES string of the molecule is Cc1ccc(C(=O)NCC2(C(=O)O)CCOCC2)c(=O)[nH]1. The average Bonchev–Trinajstić information content (AvgIpc) is 2.45. The lowest BCUT2D eigenvalue weighted by atomic mass is 9.80. The van der Waals surface area contributed by atoms with Gasteiger partial charge in [0.2, 0.25) is 0 Å². The van der Waals surface area contributed by atoms with Crippen molar-refractivity contribution in [1.29, 1.82) is 0 Å². The number of carbonyl (C=O) groups is 2. The highest BCUT2D eigenvalue weighted by molar-refractivity contribution is 5.94. The van der Waals surface area contributed by atoms with E-state index in [4.69, 9.17) is 4.74 Å². The van der Waals surface area contributed by atoms with Crippen LogP contribution in [0.3, 0.4) is 0 Å². The smallest absolute Gasteiger partial charge is 0.311 e. The Balaban J connectivity index is 2.08. The molecule has 1 saturated heterocycles. The van der Waals surface area contributed by atoms with Crippen LogP contribution in [-0.4, -0.2) is 41.7 Å². The Kier molecular flexibility index (Phi) is 4.42. The highest BCUT2D eigenvalue weighted by Gasteiger charge is 2.40. The first-order valence-electron chi connectivity index (χ1n) is 6.74. The first-order valence-corrected chi connectivity index (χ1v) is 6.74. The number of H-pyrrole nitrogens is 1. The topological polar surface area (TPSA) is 108 Å². The van der Waals surface area contributed by atoms with Crippen molar-refractivity contribution in [3.8, 4) is 0 Å². The monoisotopic (exact) mass is 294 g/mol. The maximum absolute atomic E-state index is 12.0. The summed E-state index contributed by atoms with van der Waals surface area (Å²) >= 11 is 0. The van der Waals surface area contributed by atoms with E-state index in [-0.39, 0.29) is 12.1 Å². The van der Waals surface area contributed by atoms with Crippen molar-refractivity contribution in [2.24, 2.45) is 5.41 Å². The van der Waals surface area contributed by atoms with Gasteiger partial charge in [0, 0.05) is 25.5 Å². The molecule has 7 nitrogen and oxygen atoms in total. The lowest BCUT2D eigenvalue weighted by molar-refractivity contribution is -0.154. The second-order valence-electron chi connectivity index (χ2n) is 5.26. The largest absolute Gasteiger partial charge is 0.481 e. The van der Waals surface area contributed by atoms with Gasteiger partial charge in [-0.2, -0.15) is 0 Å². The van der Waals surface area contributed by atoms with Crippen molar-refractivity contribution in [2.45, 2.75) is 19.8 Å². The maximum atomic E-state index is 12.0. The molecule has 0 spiro atoms. The summed E-state index contributed by atoms with van der Waals surface area (Å²) in [6.45, 7) is 2.41. The van der Waals surface area contributed by atoms with E-state index >= 15 is 0 Å². The van der Waals surface area contributed by atoms with Crippen LogP contribution in [0.5, 0.6) is 0 Å². The number of carboxylic acids is 1. The Morgan fingerprint density at radius 1 is 1.38 bits per heavy atom. The molecule has 2 heterocycles. The fourth-order valence-electron chi connectivity index (χ4n) is 2.32. The van der Waals surface area contributed by atoms with Gasteiger partial charge in [-0.15, -0.1) is 0 Å². The van der Waals surface area contributed by atoms with Gasteiger partial charge in [0.1, 0.15) is 5.56 Å². The first kappa shape index (κ1) is 15.2. The van der Waals surface area contributed by atoms with E-state index in [1.54, 1.807) is 13.0 Å². The highest BCUT2D eigenvalue weighted by Crippen LogP contribution is 2.30. The normalized spacial score (nSPS) is 17.2. The summed E-state index contributed by atoms with van der Waals surface area (Å²) in [6.07, 6.45) is 0.680. The molecule has 0 saturated carbocycles. The number of aliphatic carboxylic acids is 1. The predicted molar refractivity (Wildman–Crippen MR) is 74.3 cm³/mol. The van der Waals surface area contributed by atoms with E-state index in [0.29, 0.717) is 31.7 Å². The minimum atomic E-state index is -1.02. The van der Waals surface area contributed by atoms with Gasteiger partial charge in [0.05, 0.1) is 5.41 Å². The van der Waals surface area contributed by atoms with E-state index in [2.05, 4.69) is 10.3 Å². The van der Waals surface area contributed by atoms with Gasteiger partial charge in [-0.05, 0) is 31.9 Å². The second-order valence-corrected chi connectivity index (χ2v) is 5.26. The molecule has 2 rings (SSSR count). The van der Waals surface area contributed by atoms with E-state index in [0.717, 1.165) is 0 Å². The molecule has 0 bridgehead atoms. The summed E-state index contributed by atoms with van der Waals surface area (Å²) in [4.78, 5) is 37.7. The van der Waals surface area contributed by atoms with Crippen LogP contribution in [0.4, 0.5) is 0 Å². The van der Waals surface area contributed by atoms with Crippen molar-refractivity contribution in [3.05, 3.63) is 33.7 Å². The molecule has 0 unspecified atom stereocenters. The highest BCUT2D eigenvalue weighted by atomic mass is 16.5. The Morgan fingerprint density at radius 3 is 2.62 bits per heavy atom. The van der Waals surface area contributed by atoms with Crippen molar-refractivity contribution in [2.75, 3.05) is 19.8 Å². The number of pyridine rings is 1. The summed E-state index contributed by atoms with van der Waals surface area (Å²) in [6, 6.07) is 3.05. The lowest BCUT2D eigenvalue weighted by Crippen LogP contribution is -2.47. The number of carbonyl (C=O) groups excluding carboxylic acids is 1. The predicted octanol–water partition coefficient (Wildman–Crippen LogP) is 0.295. The van der Waals surface area contributed by atoms with Gasteiger partial charge >= 0.3 is 5.97 Å². The number of aromatic amines is 1. The lowest BCUT2D eigenvalue weighted by Gasteiger charge is -2.33. The van der Waals surface area contributed by atoms with E-state index in [1.165, 1.54) is 6.07 Å². The third-order valence-electron chi connectivity index (χ3n) is 3.79. The molecule has 0 radical (unpaired) electrons. The van der Waals surface area contributed by atoms with Crippen LogP contribution in [0.15, 0.2) is 16.9 Å². The summed E-state index contributed by atoms with van der Waals surface area (Å²) in [5.74, 6) is -1.52. The summed E-state index contributed by atoms with van der Waals surface area (Å²) in [5.41, 5.74) is -0.870. The van der Waals surface area contributed by atoms with Crippen molar-refractivity contribution in [1.82, 2.24) is 10.3 Å². The summed E-state index contributed by atoms with van der Waals surface area (Å²) < 4.78 is 5.17. The Morgan fingerprint density at radius 2 is 2.05 bits per heavy atom. The zero-order chi connectivity index (χ0) is 15.5. The number of aryl methyl sites for hydroxylation is 1. The third-order valence-corrected chi connectivity index (χ3v) is 3.79. The van der Waals surface area contributed by atoms with Crippen LogP contribution in [0.2, 0.25) is 0 Å². The average molecular weight is 294 g/mol. The zero-order valence-corrected chi connectivity index (χ0v) is 11.8. The molecule has 7 heteroatoms. The van der Waals surface area contributed by atoms with Crippen LogP contribution >= 0.6 is 0 Å². The zero-order valence-electron chi connectivity index (χ0n) is 11.8. The molecule has 1 fully saturated rings. The van der Waals surface area contributed by atoms with Gasteiger partial charge < -0.3 is 20.1 Å². The summed E-state index contributed by atoms with van der Waals surface area (Å²) in [5, 5.41) is 11.9. The van der Waals surface area contributed by atoms with Crippen LogP contribution in [0.1, 0.15) is 28.9 Å². The van der Waals surface area contributed by atoms with Crippen molar-refractivity contribution < 1.29 is 19.4 Å². The summed E-state index contributed by atoms with van der Waals surface area (Å²) in [7, 11) is 0.